The molecule has 0 bridgehead atoms. The Kier molecular flexibility index (Phi) is 4.40. The Labute approximate surface area is 146 Å². The van der Waals surface area contributed by atoms with E-state index in [-0.39, 0.29) is 12.4 Å². The molecule has 3 rings (SSSR count). The number of carbonyl (C=O) groups excluding carboxylic acids is 1. The number of aryl methyl sites for hydroxylation is 2. The molecule has 0 aliphatic rings. The molecule has 0 saturated heterocycles. The van der Waals surface area contributed by atoms with Crippen LogP contribution in [0.2, 0.25) is 0 Å². The Balaban J connectivity index is 2.06. The number of nitrogens with zero attached hydrogens (tertiary/aromatic N) is 1. The zero-order valence-corrected chi connectivity index (χ0v) is 14.9. The molecule has 1 heterocycles. The van der Waals surface area contributed by atoms with Crippen molar-refractivity contribution in [1.29, 1.82) is 0 Å². The summed E-state index contributed by atoms with van der Waals surface area (Å²) >= 11 is 0. The van der Waals surface area contributed by atoms with Crippen molar-refractivity contribution in [3.63, 3.8) is 0 Å². The molecule has 0 unspecified atom stereocenters. The van der Waals surface area contributed by atoms with Gasteiger partial charge in [-0.15, -0.1) is 0 Å². The average molecular weight is 338 g/mol. The van der Waals surface area contributed by atoms with Crippen LogP contribution in [0.15, 0.2) is 36.4 Å². The molecular weight excluding hydrogens is 316 g/mol. The first kappa shape index (κ1) is 16.9. The highest BCUT2D eigenvalue weighted by Crippen LogP contribution is 2.40. The summed E-state index contributed by atoms with van der Waals surface area (Å²) in [6, 6.07) is 11.3. The lowest BCUT2D eigenvalue weighted by Crippen LogP contribution is -2.12. The third-order valence-electron chi connectivity index (χ3n) is 4.28. The van der Waals surface area contributed by atoms with Crippen molar-refractivity contribution in [2.24, 2.45) is 0 Å². The molecule has 25 heavy (non-hydrogen) atoms. The number of aromatic amines is 1. The Hall–Kier alpha value is -2.95. The molecule has 0 atom stereocenters. The summed E-state index contributed by atoms with van der Waals surface area (Å²) in [4.78, 5) is 17.8. The first-order chi connectivity index (χ1) is 11.9. The molecule has 0 fully saturated rings. The van der Waals surface area contributed by atoms with Crippen LogP contribution in [0.4, 0.5) is 5.69 Å². The number of carbonyl (C=O) groups is 1. The molecule has 0 saturated carbocycles. The highest BCUT2D eigenvalue weighted by Gasteiger charge is 2.24. The van der Waals surface area contributed by atoms with E-state index in [2.05, 4.69) is 4.98 Å². The number of rotatable bonds is 4. The molecule has 3 aromatic rings. The van der Waals surface area contributed by atoms with E-state index in [0.717, 1.165) is 22.3 Å². The van der Waals surface area contributed by atoms with E-state index < -0.39 is 5.97 Å². The van der Waals surface area contributed by atoms with Crippen LogP contribution in [-0.4, -0.2) is 30.2 Å². The van der Waals surface area contributed by atoms with Crippen LogP contribution in [-0.2, 0) is 11.3 Å². The fourth-order valence-electron chi connectivity index (χ4n) is 3.13. The Morgan fingerprint density at radius 2 is 1.88 bits per heavy atom. The quantitative estimate of drug-likeness (QED) is 0.708. The van der Waals surface area contributed by atoms with Gasteiger partial charge in [-0.25, -0.2) is 4.79 Å². The maximum absolute atomic E-state index is 12.8. The Morgan fingerprint density at radius 3 is 2.52 bits per heavy atom. The zero-order chi connectivity index (χ0) is 18.1. The number of aromatic nitrogens is 1. The number of hydrogen-bond acceptors (Lipinski definition) is 4. The van der Waals surface area contributed by atoms with E-state index in [4.69, 9.17) is 4.74 Å². The van der Waals surface area contributed by atoms with Crippen molar-refractivity contribution >= 4 is 22.6 Å². The lowest BCUT2D eigenvalue weighted by molar-refractivity contribution is 0.0474. The number of phenols is 1. The minimum absolute atomic E-state index is 0.145. The van der Waals surface area contributed by atoms with E-state index in [9.17, 15) is 9.90 Å². The normalized spacial score (nSPS) is 10.9. The summed E-state index contributed by atoms with van der Waals surface area (Å²) in [5, 5.41) is 11.1. The van der Waals surface area contributed by atoms with Crippen molar-refractivity contribution in [2.45, 2.75) is 20.5 Å². The van der Waals surface area contributed by atoms with Gasteiger partial charge in [0.05, 0.1) is 16.8 Å². The monoisotopic (exact) mass is 338 g/mol. The Bertz CT molecular complexity index is 927. The number of fused-ring (bicyclic) bond motifs is 1. The fourth-order valence-corrected chi connectivity index (χ4v) is 3.13. The predicted molar refractivity (Wildman–Crippen MR) is 99.3 cm³/mol. The van der Waals surface area contributed by atoms with Crippen LogP contribution in [0.1, 0.15) is 27.2 Å². The number of anilines is 1. The van der Waals surface area contributed by atoms with Gasteiger partial charge < -0.3 is 19.7 Å². The van der Waals surface area contributed by atoms with E-state index in [1.807, 2.05) is 58.3 Å². The number of hydrogen-bond donors (Lipinski definition) is 2. The third-order valence-corrected chi connectivity index (χ3v) is 4.28. The molecule has 0 aliphatic carbocycles. The molecule has 1 aromatic heterocycles. The maximum Gasteiger partial charge on any atom is 0.341 e. The lowest BCUT2D eigenvalue weighted by Gasteiger charge is -2.17. The Morgan fingerprint density at radius 1 is 1.20 bits per heavy atom. The molecule has 5 nitrogen and oxygen atoms in total. The summed E-state index contributed by atoms with van der Waals surface area (Å²) in [6.45, 7) is 3.95. The van der Waals surface area contributed by atoms with Crippen molar-refractivity contribution in [3.05, 3.63) is 58.8 Å². The van der Waals surface area contributed by atoms with Gasteiger partial charge in [0.1, 0.15) is 12.4 Å². The van der Waals surface area contributed by atoms with Gasteiger partial charge in [-0.2, -0.15) is 0 Å². The van der Waals surface area contributed by atoms with Gasteiger partial charge in [-0.3, -0.25) is 0 Å². The second-order valence-electron chi connectivity index (χ2n) is 6.39. The van der Waals surface area contributed by atoms with Gasteiger partial charge in [-0.1, -0.05) is 30.3 Å². The molecular formula is C20H22N2O3. The number of phenolic OH excluding ortho intramolecular Hbond substituents is 1. The van der Waals surface area contributed by atoms with E-state index in [0.29, 0.717) is 16.6 Å². The molecule has 2 N–H and O–H groups in total. The van der Waals surface area contributed by atoms with Gasteiger partial charge >= 0.3 is 5.97 Å². The van der Waals surface area contributed by atoms with E-state index in [1.54, 1.807) is 11.0 Å². The van der Waals surface area contributed by atoms with Gasteiger partial charge in [0.15, 0.2) is 0 Å². The van der Waals surface area contributed by atoms with Crippen molar-refractivity contribution in [3.8, 4) is 5.75 Å². The van der Waals surface area contributed by atoms with Crippen LogP contribution in [0.3, 0.4) is 0 Å². The summed E-state index contributed by atoms with van der Waals surface area (Å²) in [5.74, 6) is -0.258. The lowest BCUT2D eigenvalue weighted by atomic mass is 10.0. The first-order valence-electron chi connectivity index (χ1n) is 8.13. The fraction of sp³-hybridized carbons (Fsp3) is 0.250. The summed E-state index contributed by atoms with van der Waals surface area (Å²) in [7, 11) is 3.68. The molecule has 0 spiro atoms. The van der Waals surface area contributed by atoms with Gasteiger partial charge in [0, 0.05) is 25.2 Å². The summed E-state index contributed by atoms with van der Waals surface area (Å²) in [5.41, 5.74) is 4.45. The van der Waals surface area contributed by atoms with Gasteiger partial charge in [0.2, 0.25) is 0 Å². The molecule has 0 aliphatic heterocycles. The standard InChI is InChI=1S/C20H22N2O3/c1-12-10-15(23)19(22(3)4)17-16(13(2)21-18(12)17)20(24)25-11-14-8-6-5-7-9-14/h5-10,21,23H,11H2,1-4H3. The van der Waals surface area contributed by atoms with Crippen LogP contribution >= 0.6 is 0 Å². The predicted octanol–water partition coefficient (Wildman–Crippen LogP) is 3.91. The van der Waals surface area contributed by atoms with E-state index >= 15 is 0 Å². The second-order valence-corrected chi connectivity index (χ2v) is 6.39. The molecule has 0 radical (unpaired) electrons. The molecule has 130 valence electrons. The maximum atomic E-state index is 12.8. The molecule has 0 amide bonds. The number of H-pyrrole nitrogens is 1. The van der Waals surface area contributed by atoms with Crippen LogP contribution in [0.25, 0.3) is 10.9 Å². The SMILES string of the molecule is Cc1[nH]c2c(C)cc(O)c(N(C)C)c2c1C(=O)OCc1ccccc1. The summed E-state index contributed by atoms with van der Waals surface area (Å²) < 4.78 is 5.52. The number of aromatic hydroxyl groups is 1. The summed E-state index contributed by atoms with van der Waals surface area (Å²) in [6.07, 6.45) is 0. The third kappa shape index (κ3) is 3.05. The van der Waals surface area contributed by atoms with Crippen LogP contribution in [0.5, 0.6) is 5.75 Å². The number of benzene rings is 2. The second kappa shape index (κ2) is 6.51. The smallest absolute Gasteiger partial charge is 0.341 e. The van der Waals surface area contributed by atoms with Gasteiger partial charge in [0.25, 0.3) is 0 Å². The number of esters is 1. The number of nitrogens with one attached hydrogen (secondary N) is 1. The minimum atomic E-state index is -0.402. The van der Waals surface area contributed by atoms with Crippen molar-refractivity contribution in [1.82, 2.24) is 4.98 Å². The largest absolute Gasteiger partial charge is 0.506 e. The average Bonchev–Trinajstić information content (AvgIpc) is 2.90. The van der Waals surface area contributed by atoms with Crippen LogP contribution in [0, 0.1) is 13.8 Å². The first-order valence-corrected chi connectivity index (χ1v) is 8.13. The van der Waals surface area contributed by atoms with E-state index in [1.165, 1.54) is 0 Å². The molecule has 2 aromatic carbocycles. The van der Waals surface area contributed by atoms with Crippen LogP contribution < -0.4 is 4.90 Å². The number of ether oxygens (including phenoxy) is 1. The highest BCUT2D eigenvalue weighted by atomic mass is 16.5. The minimum Gasteiger partial charge on any atom is -0.506 e. The van der Waals surface area contributed by atoms with Gasteiger partial charge in [-0.05, 0) is 31.0 Å². The molecule has 5 heteroatoms. The zero-order valence-electron chi connectivity index (χ0n) is 14.9. The highest BCUT2D eigenvalue weighted by molar-refractivity contribution is 6.12. The van der Waals surface area contributed by atoms with Crippen molar-refractivity contribution < 1.29 is 14.6 Å². The van der Waals surface area contributed by atoms with Crippen molar-refractivity contribution in [2.75, 3.05) is 19.0 Å². The topological polar surface area (TPSA) is 65.6 Å².